The van der Waals surface area contributed by atoms with Crippen molar-refractivity contribution in [3.63, 3.8) is 0 Å². The summed E-state index contributed by atoms with van der Waals surface area (Å²) in [6, 6.07) is 10.8. The maximum atomic E-state index is 12.4. The van der Waals surface area contributed by atoms with Crippen LogP contribution in [0.15, 0.2) is 42.5 Å². The van der Waals surface area contributed by atoms with E-state index in [1.807, 2.05) is 6.92 Å². The fourth-order valence-corrected chi connectivity index (χ4v) is 2.45. The molecule has 0 aliphatic carbocycles. The van der Waals surface area contributed by atoms with Gasteiger partial charge in [-0.25, -0.2) is 0 Å². The topological polar surface area (TPSA) is 93.5 Å². The van der Waals surface area contributed by atoms with Crippen LogP contribution in [0.2, 0.25) is 5.02 Å². The van der Waals surface area contributed by atoms with Crippen LogP contribution >= 0.6 is 23.8 Å². The molecule has 2 rings (SSSR count). The van der Waals surface area contributed by atoms with Gasteiger partial charge in [0.15, 0.2) is 5.11 Å². The number of carbonyl (C=O) groups excluding carboxylic acids is 1. The van der Waals surface area contributed by atoms with E-state index in [2.05, 4.69) is 10.6 Å². The van der Waals surface area contributed by atoms with E-state index in [1.54, 1.807) is 24.3 Å². The highest BCUT2D eigenvalue weighted by Gasteiger charge is 2.17. The molecule has 0 fully saturated rings. The van der Waals surface area contributed by atoms with Crippen molar-refractivity contribution in [2.45, 2.75) is 13.3 Å². The largest absolute Gasteiger partial charge is 0.493 e. The monoisotopic (exact) mass is 393 g/mol. The van der Waals surface area contributed by atoms with E-state index < -0.39 is 10.8 Å². The van der Waals surface area contributed by atoms with Gasteiger partial charge in [0.1, 0.15) is 11.4 Å². The average Bonchev–Trinajstić information content (AvgIpc) is 2.61. The Bertz CT molecular complexity index is 845. The van der Waals surface area contributed by atoms with Gasteiger partial charge in [0, 0.05) is 11.1 Å². The number of halogens is 1. The molecular formula is C17H16ClN3O4S. The SMILES string of the molecule is CCCOc1ccccc1C(=O)NC(=S)Nc1ccc(Cl)cc1[N+](=O)[O-]. The number of amides is 1. The summed E-state index contributed by atoms with van der Waals surface area (Å²) in [5, 5.41) is 16.4. The second-order valence-electron chi connectivity index (χ2n) is 5.17. The molecule has 9 heteroatoms. The first-order valence-corrected chi connectivity index (χ1v) is 8.49. The van der Waals surface area contributed by atoms with Gasteiger partial charge < -0.3 is 10.1 Å². The van der Waals surface area contributed by atoms with E-state index in [-0.39, 0.29) is 21.5 Å². The number of nitrogens with one attached hydrogen (secondary N) is 2. The van der Waals surface area contributed by atoms with Crippen LogP contribution in [-0.4, -0.2) is 22.5 Å². The molecule has 0 aromatic heterocycles. The molecule has 0 spiro atoms. The highest BCUT2D eigenvalue weighted by molar-refractivity contribution is 7.80. The van der Waals surface area contributed by atoms with Crippen molar-refractivity contribution in [2.24, 2.45) is 0 Å². The predicted octanol–water partition coefficient (Wildman–Crippen LogP) is 4.16. The smallest absolute Gasteiger partial charge is 0.294 e. The zero-order valence-corrected chi connectivity index (χ0v) is 15.4. The predicted molar refractivity (Wildman–Crippen MR) is 104 cm³/mol. The molecule has 0 aliphatic heterocycles. The van der Waals surface area contributed by atoms with Gasteiger partial charge in [0.25, 0.3) is 11.6 Å². The van der Waals surface area contributed by atoms with Crippen molar-refractivity contribution in [2.75, 3.05) is 11.9 Å². The van der Waals surface area contributed by atoms with Crippen LogP contribution in [0.25, 0.3) is 0 Å². The Kier molecular flexibility index (Phi) is 6.88. The molecule has 0 aliphatic rings. The third kappa shape index (κ3) is 5.14. The highest BCUT2D eigenvalue weighted by Crippen LogP contribution is 2.27. The third-order valence-corrected chi connectivity index (χ3v) is 3.66. The molecule has 0 heterocycles. The molecule has 2 aromatic rings. The summed E-state index contributed by atoms with van der Waals surface area (Å²) in [6.45, 7) is 2.44. The summed E-state index contributed by atoms with van der Waals surface area (Å²) in [7, 11) is 0. The van der Waals surface area contributed by atoms with E-state index in [9.17, 15) is 14.9 Å². The molecule has 0 unspecified atom stereocenters. The Hall–Kier alpha value is -2.71. The van der Waals surface area contributed by atoms with Crippen LogP contribution in [0.5, 0.6) is 5.75 Å². The van der Waals surface area contributed by atoms with E-state index >= 15 is 0 Å². The third-order valence-electron chi connectivity index (χ3n) is 3.23. The van der Waals surface area contributed by atoms with E-state index in [0.29, 0.717) is 17.9 Å². The van der Waals surface area contributed by atoms with Crippen molar-refractivity contribution >= 4 is 46.2 Å². The summed E-state index contributed by atoms with van der Waals surface area (Å²) >= 11 is 10.9. The van der Waals surface area contributed by atoms with Crippen molar-refractivity contribution < 1.29 is 14.5 Å². The van der Waals surface area contributed by atoms with Crippen LogP contribution in [0.3, 0.4) is 0 Å². The number of hydrogen-bond donors (Lipinski definition) is 2. The summed E-state index contributed by atoms with van der Waals surface area (Å²) < 4.78 is 5.54. The molecule has 0 saturated heterocycles. The summed E-state index contributed by atoms with van der Waals surface area (Å²) in [5.74, 6) is -0.0436. The minimum absolute atomic E-state index is 0.0780. The second kappa shape index (κ2) is 9.12. The lowest BCUT2D eigenvalue weighted by Crippen LogP contribution is -2.34. The van der Waals surface area contributed by atoms with Crippen LogP contribution < -0.4 is 15.4 Å². The number of nitro benzene ring substituents is 1. The maximum Gasteiger partial charge on any atom is 0.294 e. The minimum atomic E-state index is -0.591. The van der Waals surface area contributed by atoms with Gasteiger partial charge in [-0.1, -0.05) is 30.7 Å². The Morgan fingerprint density at radius 2 is 2.04 bits per heavy atom. The van der Waals surface area contributed by atoms with E-state index in [4.69, 9.17) is 28.6 Å². The van der Waals surface area contributed by atoms with Crippen molar-refractivity contribution in [1.82, 2.24) is 5.32 Å². The van der Waals surface area contributed by atoms with Gasteiger partial charge in [0.05, 0.1) is 17.1 Å². The molecule has 1 amide bonds. The van der Waals surface area contributed by atoms with Gasteiger partial charge >= 0.3 is 0 Å². The molecule has 0 atom stereocenters. The van der Waals surface area contributed by atoms with E-state index in [1.165, 1.54) is 18.2 Å². The van der Waals surface area contributed by atoms with E-state index in [0.717, 1.165) is 6.42 Å². The Balaban J connectivity index is 2.12. The van der Waals surface area contributed by atoms with Crippen molar-refractivity contribution in [1.29, 1.82) is 0 Å². The van der Waals surface area contributed by atoms with Gasteiger partial charge in [-0.3, -0.25) is 20.2 Å². The molecule has 0 bridgehead atoms. The lowest BCUT2D eigenvalue weighted by atomic mass is 10.2. The number of para-hydroxylation sites is 1. The van der Waals surface area contributed by atoms with Crippen LogP contribution in [0.1, 0.15) is 23.7 Å². The summed E-state index contributed by atoms with van der Waals surface area (Å²) in [4.78, 5) is 22.9. The first-order valence-electron chi connectivity index (χ1n) is 7.70. The normalized spacial score (nSPS) is 10.1. The average molecular weight is 394 g/mol. The number of ether oxygens (including phenoxy) is 1. The highest BCUT2D eigenvalue weighted by atomic mass is 35.5. The van der Waals surface area contributed by atoms with Gasteiger partial charge in [0.2, 0.25) is 0 Å². The number of nitrogens with zero attached hydrogens (tertiary/aromatic N) is 1. The molecule has 7 nitrogen and oxygen atoms in total. The molecule has 2 N–H and O–H groups in total. The minimum Gasteiger partial charge on any atom is -0.493 e. The quantitative estimate of drug-likeness (QED) is 0.434. The molecular weight excluding hydrogens is 378 g/mol. The lowest BCUT2D eigenvalue weighted by Gasteiger charge is -2.13. The molecule has 0 radical (unpaired) electrons. The number of thiocarbonyl (C=S) groups is 1. The fourth-order valence-electron chi connectivity index (χ4n) is 2.08. The number of nitro groups is 1. The number of rotatable bonds is 6. The standard InChI is InChI=1S/C17H16ClN3O4S/c1-2-9-25-15-6-4-3-5-12(15)16(22)20-17(26)19-13-8-7-11(18)10-14(13)21(23)24/h3-8,10H,2,9H2,1H3,(H2,19,20,22,26). The molecule has 26 heavy (non-hydrogen) atoms. The van der Waals surface area contributed by atoms with Crippen LogP contribution in [0, 0.1) is 10.1 Å². The first kappa shape index (κ1) is 19.6. The summed E-state index contributed by atoms with van der Waals surface area (Å²) in [5.41, 5.74) is 0.191. The Labute approximate surface area is 160 Å². The maximum absolute atomic E-state index is 12.4. The second-order valence-corrected chi connectivity index (χ2v) is 6.02. The molecule has 136 valence electrons. The number of hydrogen-bond acceptors (Lipinski definition) is 5. The Morgan fingerprint density at radius 3 is 2.73 bits per heavy atom. The Morgan fingerprint density at radius 1 is 1.31 bits per heavy atom. The molecule has 0 saturated carbocycles. The van der Waals surface area contributed by atoms with Gasteiger partial charge in [-0.2, -0.15) is 0 Å². The number of benzene rings is 2. The van der Waals surface area contributed by atoms with Gasteiger partial charge in [-0.15, -0.1) is 0 Å². The summed E-state index contributed by atoms with van der Waals surface area (Å²) in [6.07, 6.45) is 0.802. The van der Waals surface area contributed by atoms with Crippen molar-refractivity contribution in [3.8, 4) is 5.75 Å². The van der Waals surface area contributed by atoms with Crippen molar-refractivity contribution in [3.05, 3.63) is 63.2 Å². The zero-order valence-electron chi connectivity index (χ0n) is 13.8. The first-order chi connectivity index (χ1) is 12.4. The van der Waals surface area contributed by atoms with Crippen LogP contribution in [0.4, 0.5) is 11.4 Å². The van der Waals surface area contributed by atoms with Gasteiger partial charge in [-0.05, 0) is 42.9 Å². The van der Waals surface area contributed by atoms with Crippen LogP contribution in [-0.2, 0) is 0 Å². The number of carbonyl (C=O) groups is 1. The zero-order chi connectivity index (χ0) is 19.1. The lowest BCUT2D eigenvalue weighted by molar-refractivity contribution is -0.383. The molecule has 2 aromatic carbocycles. The fraction of sp³-hybridized carbons (Fsp3) is 0.176. The number of anilines is 1.